The van der Waals surface area contributed by atoms with E-state index in [2.05, 4.69) is 6.92 Å². The summed E-state index contributed by atoms with van der Waals surface area (Å²) >= 11 is 0. The number of benzene rings is 1. The van der Waals surface area contributed by atoms with Gasteiger partial charge in [-0.15, -0.1) is 0 Å². The Morgan fingerprint density at radius 3 is 2.32 bits per heavy atom. The minimum absolute atomic E-state index is 0.161. The van der Waals surface area contributed by atoms with Crippen molar-refractivity contribution >= 4 is 0 Å². The molecule has 3 rings (SSSR count). The molecule has 0 radical (unpaired) electrons. The number of halogens is 2. The summed E-state index contributed by atoms with van der Waals surface area (Å²) in [7, 11) is 0. The summed E-state index contributed by atoms with van der Waals surface area (Å²) in [6, 6.07) is 3.48. The van der Waals surface area contributed by atoms with Gasteiger partial charge in [0.05, 0.1) is 6.10 Å². The highest BCUT2D eigenvalue weighted by Gasteiger charge is 2.32. The van der Waals surface area contributed by atoms with Crippen LogP contribution >= 0.6 is 0 Å². The van der Waals surface area contributed by atoms with Gasteiger partial charge in [-0.05, 0) is 74.3 Å². The molecule has 1 saturated carbocycles. The van der Waals surface area contributed by atoms with E-state index in [1.54, 1.807) is 19.1 Å². The molecule has 2 atom stereocenters. The highest BCUT2D eigenvalue weighted by atomic mass is 19.2. The largest absolute Gasteiger partial charge is 0.378 e. The second-order valence-corrected chi connectivity index (χ2v) is 7.27. The van der Waals surface area contributed by atoms with Crippen LogP contribution in [-0.4, -0.2) is 12.7 Å². The summed E-state index contributed by atoms with van der Waals surface area (Å²) in [5, 5.41) is 0. The molecular formula is C19H26F2O. The zero-order chi connectivity index (χ0) is 15.7. The van der Waals surface area contributed by atoms with Crippen molar-refractivity contribution in [1.29, 1.82) is 0 Å². The highest BCUT2D eigenvalue weighted by Crippen LogP contribution is 2.41. The lowest BCUT2D eigenvalue weighted by molar-refractivity contribution is -0.0524. The van der Waals surface area contributed by atoms with Crippen molar-refractivity contribution in [3.63, 3.8) is 0 Å². The fraction of sp³-hybridized carbons (Fsp3) is 0.684. The minimum atomic E-state index is -0.677. The average molecular weight is 308 g/mol. The molecule has 1 aromatic carbocycles. The molecule has 0 bridgehead atoms. The van der Waals surface area contributed by atoms with Crippen LogP contribution in [0.1, 0.15) is 62.5 Å². The summed E-state index contributed by atoms with van der Waals surface area (Å²) in [5.74, 6) is 0.128. The Bertz CT molecular complexity index is 512. The fourth-order valence-electron chi connectivity index (χ4n) is 4.05. The van der Waals surface area contributed by atoms with Crippen molar-refractivity contribution in [1.82, 2.24) is 0 Å². The molecule has 0 N–H and O–H groups in total. The van der Waals surface area contributed by atoms with E-state index < -0.39 is 11.6 Å². The van der Waals surface area contributed by atoms with E-state index in [1.165, 1.54) is 6.42 Å². The number of hydrogen-bond acceptors (Lipinski definition) is 1. The van der Waals surface area contributed by atoms with Crippen LogP contribution < -0.4 is 0 Å². The summed E-state index contributed by atoms with van der Waals surface area (Å²) < 4.78 is 33.9. The molecule has 1 aliphatic carbocycles. The molecule has 1 saturated heterocycles. The van der Waals surface area contributed by atoms with E-state index in [1.807, 2.05) is 0 Å². The molecule has 2 unspecified atom stereocenters. The first-order valence-corrected chi connectivity index (χ1v) is 8.62. The van der Waals surface area contributed by atoms with Crippen molar-refractivity contribution in [3.8, 4) is 0 Å². The van der Waals surface area contributed by atoms with Crippen LogP contribution in [0.3, 0.4) is 0 Å². The summed E-state index contributed by atoms with van der Waals surface area (Å²) in [6.45, 7) is 4.73. The number of hydrogen-bond donors (Lipinski definition) is 0. The van der Waals surface area contributed by atoms with Crippen molar-refractivity contribution in [3.05, 3.63) is 34.9 Å². The van der Waals surface area contributed by atoms with Gasteiger partial charge in [0.2, 0.25) is 0 Å². The van der Waals surface area contributed by atoms with E-state index >= 15 is 0 Å². The molecule has 122 valence electrons. The van der Waals surface area contributed by atoms with Crippen LogP contribution in [-0.2, 0) is 4.74 Å². The van der Waals surface area contributed by atoms with Crippen LogP contribution in [0.5, 0.6) is 0 Å². The number of ether oxygens (including phenoxy) is 1. The highest BCUT2D eigenvalue weighted by molar-refractivity contribution is 5.28. The third kappa shape index (κ3) is 3.19. The summed E-state index contributed by atoms with van der Waals surface area (Å²) in [6.07, 6.45) is 6.82. The quantitative estimate of drug-likeness (QED) is 0.714. The molecule has 0 spiro atoms. The van der Waals surface area contributed by atoms with Gasteiger partial charge in [-0.3, -0.25) is 0 Å². The first-order chi connectivity index (χ1) is 10.6. The predicted octanol–water partition coefficient (Wildman–Crippen LogP) is 5.36. The maximum Gasteiger partial charge on any atom is 0.162 e. The maximum absolute atomic E-state index is 14.1. The molecular weight excluding hydrogens is 282 g/mol. The Morgan fingerprint density at radius 1 is 0.955 bits per heavy atom. The molecule has 1 aliphatic heterocycles. The van der Waals surface area contributed by atoms with Crippen LogP contribution in [0.2, 0.25) is 0 Å². The van der Waals surface area contributed by atoms with Crippen molar-refractivity contribution < 1.29 is 13.5 Å². The lowest BCUT2D eigenvalue weighted by atomic mass is 9.75. The Morgan fingerprint density at radius 2 is 1.68 bits per heavy atom. The Labute approximate surface area is 132 Å². The van der Waals surface area contributed by atoms with Gasteiger partial charge in [0, 0.05) is 6.61 Å². The SMILES string of the molecule is Cc1ccc(C2CCC(C3CCC(C)CO3)CC2)c(F)c1F. The van der Waals surface area contributed by atoms with Gasteiger partial charge < -0.3 is 4.74 Å². The molecule has 1 aromatic rings. The molecule has 22 heavy (non-hydrogen) atoms. The van der Waals surface area contributed by atoms with Gasteiger partial charge in [0.25, 0.3) is 0 Å². The lowest BCUT2D eigenvalue weighted by Crippen LogP contribution is -2.33. The molecule has 0 amide bonds. The molecule has 1 heterocycles. The standard InChI is InChI=1S/C19H26F2O/c1-12-3-10-17(22-11-12)15-7-5-14(6-8-15)16-9-4-13(2)18(20)19(16)21/h4,9,12,14-15,17H,3,5-8,10-11H2,1-2H3. The van der Waals surface area contributed by atoms with Crippen LogP contribution in [0.4, 0.5) is 8.78 Å². The zero-order valence-electron chi connectivity index (χ0n) is 13.6. The first kappa shape index (κ1) is 15.9. The number of aryl methyl sites for hydroxylation is 1. The zero-order valence-corrected chi connectivity index (χ0v) is 13.6. The fourth-order valence-corrected chi connectivity index (χ4v) is 4.05. The van der Waals surface area contributed by atoms with Gasteiger partial charge in [-0.1, -0.05) is 19.1 Å². The van der Waals surface area contributed by atoms with E-state index in [0.717, 1.165) is 38.7 Å². The van der Waals surface area contributed by atoms with Crippen molar-refractivity contribution in [2.24, 2.45) is 11.8 Å². The Hall–Kier alpha value is -0.960. The molecule has 2 fully saturated rings. The van der Waals surface area contributed by atoms with E-state index in [0.29, 0.717) is 29.1 Å². The molecule has 1 nitrogen and oxygen atoms in total. The van der Waals surface area contributed by atoms with E-state index in [9.17, 15) is 8.78 Å². The van der Waals surface area contributed by atoms with Crippen LogP contribution in [0.15, 0.2) is 12.1 Å². The van der Waals surface area contributed by atoms with E-state index in [4.69, 9.17) is 4.74 Å². The van der Waals surface area contributed by atoms with Gasteiger partial charge >= 0.3 is 0 Å². The smallest absolute Gasteiger partial charge is 0.162 e. The number of rotatable bonds is 2. The predicted molar refractivity (Wildman–Crippen MR) is 83.9 cm³/mol. The third-order valence-electron chi connectivity index (χ3n) is 5.58. The van der Waals surface area contributed by atoms with Crippen LogP contribution in [0, 0.1) is 30.4 Å². The molecule has 0 aromatic heterocycles. The maximum atomic E-state index is 14.1. The molecule has 2 aliphatic rings. The molecule has 3 heteroatoms. The van der Waals surface area contributed by atoms with Crippen molar-refractivity contribution in [2.45, 2.75) is 64.4 Å². The van der Waals surface area contributed by atoms with Gasteiger partial charge in [0.15, 0.2) is 11.6 Å². The summed E-state index contributed by atoms with van der Waals surface area (Å²) in [5.41, 5.74) is 0.958. The second-order valence-electron chi connectivity index (χ2n) is 7.27. The average Bonchev–Trinajstić information content (AvgIpc) is 2.54. The second kappa shape index (κ2) is 6.66. The van der Waals surface area contributed by atoms with E-state index in [-0.39, 0.29) is 5.92 Å². The van der Waals surface area contributed by atoms with Crippen LogP contribution in [0.25, 0.3) is 0 Å². The normalized spacial score (nSPS) is 32.9. The van der Waals surface area contributed by atoms with Gasteiger partial charge in [0.1, 0.15) is 0 Å². The van der Waals surface area contributed by atoms with Crippen molar-refractivity contribution in [2.75, 3.05) is 6.61 Å². The van der Waals surface area contributed by atoms with Gasteiger partial charge in [-0.2, -0.15) is 0 Å². The minimum Gasteiger partial charge on any atom is -0.378 e. The lowest BCUT2D eigenvalue weighted by Gasteiger charge is -2.37. The Kier molecular flexibility index (Phi) is 4.82. The monoisotopic (exact) mass is 308 g/mol. The third-order valence-corrected chi connectivity index (χ3v) is 5.58. The topological polar surface area (TPSA) is 9.23 Å². The Balaban J connectivity index is 1.61. The summed E-state index contributed by atoms with van der Waals surface area (Å²) in [4.78, 5) is 0. The van der Waals surface area contributed by atoms with Gasteiger partial charge in [-0.25, -0.2) is 8.78 Å². The first-order valence-electron chi connectivity index (χ1n) is 8.62.